The van der Waals surface area contributed by atoms with Crippen LogP contribution in [0.1, 0.15) is 15.9 Å². The summed E-state index contributed by atoms with van der Waals surface area (Å²) in [5, 5.41) is 1.16. The molecule has 0 fully saturated rings. The van der Waals surface area contributed by atoms with Crippen LogP contribution in [0.2, 0.25) is 0 Å². The molecule has 24 heavy (non-hydrogen) atoms. The number of rotatable bonds is 1. The van der Waals surface area contributed by atoms with Crippen molar-refractivity contribution in [2.75, 3.05) is 11.4 Å². The molecule has 1 aromatic carbocycles. The van der Waals surface area contributed by atoms with Gasteiger partial charge in [-0.25, -0.2) is 0 Å². The fourth-order valence-electron chi connectivity index (χ4n) is 3.63. The number of aryl methyl sites for hydroxylation is 1. The second-order valence-electron chi connectivity index (χ2n) is 6.28. The molecule has 4 aromatic rings. The number of amides is 1. The van der Waals surface area contributed by atoms with Gasteiger partial charge in [-0.3, -0.25) is 9.78 Å². The van der Waals surface area contributed by atoms with Crippen LogP contribution in [-0.2, 0) is 13.5 Å². The standard InChI is InChI=1S/C19H16N4O/c1-22-7-4-12-10-17-13(9-16(12)22)5-8-23(17)19(24)14-11-21-15-3-2-6-20-18(14)15/h2-4,6-7,9-11,21H,5,8H2,1H3. The van der Waals surface area contributed by atoms with Crippen LogP contribution in [0.3, 0.4) is 0 Å². The number of fused-ring (bicyclic) bond motifs is 3. The zero-order chi connectivity index (χ0) is 16.3. The van der Waals surface area contributed by atoms with Gasteiger partial charge in [0.2, 0.25) is 0 Å². The number of hydrogen-bond donors (Lipinski definition) is 1. The molecule has 5 rings (SSSR count). The fourth-order valence-corrected chi connectivity index (χ4v) is 3.63. The smallest absolute Gasteiger partial charge is 0.262 e. The lowest BCUT2D eigenvalue weighted by Gasteiger charge is -2.17. The lowest BCUT2D eigenvalue weighted by atomic mass is 10.1. The predicted octanol–water partition coefficient (Wildman–Crippen LogP) is 3.26. The summed E-state index contributed by atoms with van der Waals surface area (Å²) in [4.78, 5) is 22.5. The van der Waals surface area contributed by atoms with E-state index >= 15 is 0 Å². The number of hydrogen-bond acceptors (Lipinski definition) is 2. The van der Waals surface area contributed by atoms with Gasteiger partial charge in [0.25, 0.3) is 5.91 Å². The zero-order valence-electron chi connectivity index (χ0n) is 13.3. The third-order valence-electron chi connectivity index (χ3n) is 4.89. The molecule has 0 aliphatic carbocycles. The molecule has 5 nitrogen and oxygen atoms in total. The second kappa shape index (κ2) is 4.71. The van der Waals surface area contributed by atoms with Gasteiger partial charge in [0.15, 0.2) is 0 Å². The highest BCUT2D eigenvalue weighted by Gasteiger charge is 2.28. The second-order valence-corrected chi connectivity index (χ2v) is 6.28. The van der Waals surface area contributed by atoms with E-state index in [1.807, 2.05) is 24.1 Å². The van der Waals surface area contributed by atoms with Crippen molar-refractivity contribution in [1.29, 1.82) is 0 Å². The molecule has 0 radical (unpaired) electrons. The Hall–Kier alpha value is -3.08. The number of anilines is 1. The van der Waals surface area contributed by atoms with Crippen molar-refractivity contribution in [2.24, 2.45) is 7.05 Å². The van der Waals surface area contributed by atoms with E-state index in [2.05, 4.69) is 38.9 Å². The average Bonchev–Trinajstić information content (AvgIpc) is 3.30. The van der Waals surface area contributed by atoms with Crippen molar-refractivity contribution in [3.63, 3.8) is 0 Å². The van der Waals surface area contributed by atoms with E-state index in [4.69, 9.17) is 0 Å². The SMILES string of the molecule is Cn1ccc2cc3c(cc21)CCN3C(=O)c1c[nH]c2cccnc12. The lowest BCUT2D eigenvalue weighted by molar-refractivity contribution is 0.0991. The summed E-state index contributed by atoms with van der Waals surface area (Å²) in [5.74, 6) is 0.00832. The van der Waals surface area contributed by atoms with Gasteiger partial charge in [-0.2, -0.15) is 0 Å². The number of aromatic amines is 1. The molecule has 1 aliphatic rings. The number of pyridine rings is 1. The summed E-state index contributed by atoms with van der Waals surface area (Å²) in [5.41, 5.74) is 5.70. The summed E-state index contributed by atoms with van der Waals surface area (Å²) < 4.78 is 2.11. The molecule has 0 bridgehead atoms. The quantitative estimate of drug-likeness (QED) is 0.586. The molecule has 1 amide bonds. The van der Waals surface area contributed by atoms with Crippen LogP contribution in [-0.4, -0.2) is 27.0 Å². The number of carbonyl (C=O) groups excluding carboxylic acids is 1. The van der Waals surface area contributed by atoms with Crippen molar-refractivity contribution in [3.05, 3.63) is 60.0 Å². The Bertz CT molecular complexity index is 1110. The number of nitrogens with one attached hydrogen (secondary N) is 1. The molecule has 0 atom stereocenters. The molecule has 4 heterocycles. The Kier molecular flexibility index (Phi) is 2.62. The highest BCUT2D eigenvalue weighted by atomic mass is 16.2. The number of benzene rings is 1. The fraction of sp³-hybridized carbons (Fsp3) is 0.158. The Morgan fingerprint density at radius 1 is 1.29 bits per heavy atom. The van der Waals surface area contributed by atoms with E-state index in [1.165, 1.54) is 11.1 Å². The molecule has 0 spiro atoms. The van der Waals surface area contributed by atoms with Crippen LogP contribution >= 0.6 is 0 Å². The van der Waals surface area contributed by atoms with Gasteiger partial charge < -0.3 is 14.5 Å². The van der Waals surface area contributed by atoms with E-state index in [-0.39, 0.29) is 5.91 Å². The Morgan fingerprint density at radius 3 is 3.12 bits per heavy atom. The first-order valence-corrected chi connectivity index (χ1v) is 8.04. The molecule has 1 aliphatic heterocycles. The molecule has 3 aromatic heterocycles. The van der Waals surface area contributed by atoms with Gasteiger partial charge >= 0.3 is 0 Å². The first-order chi connectivity index (χ1) is 11.7. The van der Waals surface area contributed by atoms with Gasteiger partial charge in [-0.05, 0) is 42.3 Å². The highest BCUT2D eigenvalue weighted by molar-refractivity contribution is 6.14. The molecule has 1 N–H and O–H groups in total. The molecular weight excluding hydrogens is 300 g/mol. The van der Waals surface area contributed by atoms with E-state index < -0.39 is 0 Å². The normalized spacial score (nSPS) is 13.8. The Balaban J connectivity index is 1.62. The molecule has 0 saturated heterocycles. The van der Waals surface area contributed by atoms with Gasteiger partial charge in [0, 0.05) is 48.8 Å². The molecule has 118 valence electrons. The molecule has 0 saturated carbocycles. The topological polar surface area (TPSA) is 53.9 Å². The minimum atomic E-state index is 0.00832. The van der Waals surface area contributed by atoms with Crippen LogP contribution in [0.25, 0.3) is 21.9 Å². The summed E-state index contributed by atoms with van der Waals surface area (Å²) in [6.45, 7) is 0.712. The summed E-state index contributed by atoms with van der Waals surface area (Å²) in [7, 11) is 2.05. The van der Waals surface area contributed by atoms with Crippen LogP contribution in [0.4, 0.5) is 5.69 Å². The van der Waals surface area contributed by atoms with E-state index in [0.717, 1.165) is 28.5 Å². The Morgan fingerprint density at radius 2 is 2.21 bits per heavy atom. The number of aromatic nitrogens is 3. The minimum absolute atomic E-state index is 0.00832. The number of H-pyrrole nitrogens is 1. The van der Waals surface area contributed by atoms with Gasteiger partial charge in [-0.15, -0.1) is 0 Å². The van der Waals surface area contributed by atoms with Gasteiger partial charge in [-0.1, -0.05) is 0 Å². The maximum atomic E-state index is 13.1. The Labute approximate surface area is 138 Å². The van der Waals surface area contributed by atoms with E-state index in [9.17, 15) is 4.79 Å². The van der Waals surface area contributed by atoms with Gasteiger partial charge in [0.1, 0.15) is 5.52 Å². The van der Waals surface area contributed by atoms with Crippen LogP contribution in [0.5, 0.6) is 0 Å². The summed E-state index contributed by atoms with van der Waals surface area (Å²) in [6, 6.07) is 10.2. The predicted molar refractivity (Wildman–Crippen MR) is 94.4 cm³/mol. The van der Waals surface area contributed by atoms with Crippen molar-refractivity contribution in [2.45, 2.75) is 6.42 Å². The molecule has 5 heteroatoms. The third kappa shape index (κ3) is 1.75. The van der Waals surface area contributed by atoms with Crippen LogP contribution in [0.15, 0.2) is 48.9 Å². The molecular formula is C19H16N4O. The van der Waals surface area contributed by atoms with Crippen molar-refractivity contribution >= 4 is 33.5 Å². The third-order valence-corrected chi connectivity index (χ3v) is 4.89. The first-order valence-electron chi connectivity index (χ1n) is 8.04. The first kappa shape index (κ1) is 13.4. The van der Waals surface area contributed by atoms with E-state index in [1.54, 1.807) is 12.4 Å². The van der Waals surface area contributed by atoms with Crippen LogP contribution < -0.4 is 4.90 Å². The van der Waals surface area contributed by atoms with Crippen molar-refractivity contribution in [1.82, 2.24) is 14.5 Å². The largest absolute Gasteiger partial charge is 0.359 e. The van der Waals surface area contributed by atoms with E-state index in [0.29, 0.717) is 12.1 Å². The van der Waals surface area contributed by atoms with Gasteiger partial charge in [0.05, 0.1) is 11.1 Å². The monoisotopic (exact) mass is 316 g/mol. The zero-order valence-corrected chi connectivity index (χ0v) is 13.3. The average molecular weight is 316 g/mol. The van der Waals surface area contributed by atoms with Crippen LogP contribution in [0, 0.1) is 0 Å². The summed E-state index contributed by atoms with van der Waals surface area (Å²) in [6.07, 6.45) is 6.42. The maximum Gasteiger partial charge on any atom is 0.262 e. The highest BCUT2D eigenvalue weighted by Crippen LogP contribution is 2.34. The number of nitrogens with zero attached hydrogens (tertiary/aromatic N) is 3. The van der Waals surface area contributed by atoms with Crippen molar-refractivity contribution < 1.29 is 4.79 Å². The van der Waals surface area contributed by atoms with Crippen molar-refractivity contribution in [3.8, 4) is 0 Å². The summed E-state index contributed by atoms with van der Waals surface area (Å²) >= 11 is 0. The number of carbonyl (C=O) groups is 1. The minimum Gasteiger partial charge on any atom is -0.359 e. The lowest BCUT2D eigenvalue weighted by Crippen LogP contribution is -2.28. The molecule has 0 unspecified atom stereocenters. The maximum absolute atomic E-state index is 13.1.